The van der Waals surface area contributed by atoms with E-state index in [1.165, 1.54) is 0 Å². The van der Waals surface area contributed by atoms with Crippen LogP contribution in [0.5, 0.6) is 5.75 Å². The molecule has 19 heavy (non-hydrogen) atoms. The summed E-state index contributed by atoms with van der Waals surface area (Å²) >= 11 is 5.91. The highest BCUT2D eigenvalue weighted by atomic mass is 35.5. The Kier molecular flexibility index (Phi) is 6.42. The number of benzene rings is 1. The first-order valence-corrected chi connectivity index (χ1v) is 6.43. The Morgan fingerprint density at radius 1 is 1.53 bits per heavy atom. The van der Waals surface area contributed by atoms with E-state index >= 15 is 0 Å². The van der Waals surface area contributed by atoms with Crippen LogP contribution in [-0.2, 0) is 0 Å². The molecule has 0 bridgehead atoms. The normalized spacial score (nSPS) is 18.3. The fraction of sp³-hybridized carbons (Fsp3) is 0.462. The van der Waals surface area contributed by atoms with Crippen molar-refractivity contribution in [2.45, 2.75) is 18.9 Å². The lowest BCUT2D eigenvalue weighted by atomic mass is 10.1. The van der Waals surface area contributed by atoms with Gasteiger partial charge in [-0.2, -0.15) is 0 Å². The smallest absolute Gasteiger partial charge is 0.255 e. The molecule has 1 fully saturated rings. The highest BCUT2D eigenvalue weighted by Gasteiger charge is 2.19. The summed E-state index contributed by atoms with van der Waals surface area (Å²) < 4.78 is 5.18. The number of methoxy groups -OCH3 is 1. The van der Waals surface area contributed by atoms with Gasteiger partial charge in [-0.3, -0.25) is 4.79 Å². The summed E-state index contributed by atoms with van der Waals surface area (Å²) in [7, 11) is 1.54. The summed E-state index contributed by atoms with van der Waals surface area (Å²) in [5.74, 6) is 0.406. The zero-order chi connectivity index (χ0) is 13.0. The van der Waals surface area contributed by atoms with E-state index in [2.05, 4.69) is 10.6 Å². The molecule has 1 aromatic rings. The lowest BCUT2D eigenvalue weighted by Crippen LogP contribution is -2.45. The van der Waals surface area contributed by atoms with Crippen LogP contribution in [0.15, 0.2) is 18.2 Å². The number of hydrogen-bond acceptors (Lipinski definition) is 3. The minimum Gasteiger partial charge on any atom is -0.496 e. The van der Waals surface area contributed by atoms with Crippen LogP contribution in [0.1, 0.15) is 23.2 Å². The van der Waals surface area contributed by atoms with E-state index in [-0.39, 0.29) is 24.4 Å². The van der Waals surface area contributed by atoms with Gasteiger partial charge in [0.05, 0.1) is 12.7 Å². The molecule has 106 valence electrons. The standard InChI is InChI=1S/C13H17ClN2O2.ClH/c1-18-12-5-4-9(14)7-11(12)13(17)16-10-3-2-6-15-8-10;/h4-5,7,10,15H,2-3,6,8H2,1H3,(H,16,17);1H/t10-;/m1./s1. The van der Waals surface area contributed by atoms with Gasteiger partial charge in [-0.25, -0.2) is 0 Å². The van der Waals surface area contributed by atoms with Gasteiger partial charge in [-0.05, 0) is 37.6 Å². The number of ether oxygens (including phenoxy) is 1. The maximum absolute atomic E-state index is 12.2. The molecule has 0 aliphatic carbocycles. The molecule has 0 spiro atoms. The van der Waals surface area contributed by atoms with Gasteiger partial charge >= 0.3 is 0 Å². The number of piperidine rings is 1. The SMILES string of the molecule is COc1ccc(Cl)cc1C(=O)N[C@@H]1CCCNC1.Cl. The van der Waals surface area contributed by atoms with Gasteiger partial charge in [0, 0.05) is 17.6 Å². The number of amides is 1. The maximum atomic E-state index is 12.2. The van der Waals surface area contributed by atoms with Crippen molar-refractivity contribution in [3.8, 4) is 5.75 Å². The first kappa shape index (κ1) is 16.1. The van der Waals surface area contributed by atoms with Gasteiger partial charge in [0.25, 0.3) is 5.91 Å². The second-order valence-electron chi connectivity index (χ2n) is 4.36. The minimum absolute atomic E-state index is 0. The summed E-state index contributed by atoms with van der Waals surface area (Å²) in [5.41, 5.74) is 0.482. The number of rotatable bonds is 3. The first-order chi connectivity index (χ1) is 8.70. The van der Waals surface area contributed by atoms with Crippen LogP contribution in [0.25, 0.3) is 0 Å². The molecule has 1 atom stereocenters. The predicted octanol–water partition coefficient (Wildman–Crippen LogP) is 2.25. The second-order valence-corrected chi connectivity index (χ2v) is 4.80. The molecule has 1 amide bonds. The Bertz CT molecular complexity index is 435. The number of nitrogens with one attached hydrogen (secondary N) is 2. The van der Waals surface area contributed by atoms with Crippen LogP contribution in [0.4, 0.5) is 0 Å². The monoisotopic (exact) mass is 304 g/mol. The third kappa shape index (κ3) is 4.27. The fourth-order valence-electron chi connectivity index (χ4n) is 2.10. The van der Waals surface area contributed by atoms with Gasteiger partial charge in [0.2, 0.25) is 0 Å². The molecule has 1 saturated heterocycles. The highest BCUT2D eigenvalue weighted by Crippen LogP contribution is 2.22. The van der Waals surface area contributed by atoms with E-state index in [1.807, 2.05) is 0 Å². The third-order valence-electron chi connectivity index (χ3n) is 3.04. The molecule has 0 unspecified atom stereocenters. The minimum atomic E-state index is -0.136. The van der Waals surface area contributed by atoms with Crippen LogP contribution in [-0.4, -0.2) is 32.1 Å². The van der Waals surface area contributed by atoms with Gasteiger partial charge in [-0.15, -0.1) is 12.4 Å². The summed E-state index contributed by atoms with van der Waals surface area (Å²) in [6, 6.07) is 5.22. The van der Waals surface area contributed by atoms with Gasteiger partial charge < -0.3 is 15.4 Å². The van der Waals surface area contributed by atoms with Crippen molar-refractivity contribution in [3.05, 3.63) is 28.8 Å². The molecule has 1 aliphatic rings. The van der Waals surface area contributed by atoms with Crippen molar-refractivity contribution >= 4 is 29.9 Å². The van der Waals surface area contributed by atoms with Crippen LogP contribution >= 0.6 is 24.0 Å². The summed E-state index contributed by atoms with van der Waals surface area (Å²) in [4.78, 5) is 12.2. The van der Waals surface area contributed by atoms with E-state index < -0.39 is 0 Å². The third-order valence-corrected chi connectivity index (χ3v) is 3.27. The Hall–Kier alpha value is -0.970. The van der Waals surface area contributed by atoms with Gasteiger partial charge in [-0.1, -0.05) is 11.6 Å². The van der Waals surface area contributed by atoms with Crippen LogP contribution < -0.4 is 15.4 Å². The van der Waals surface area contributed by atoms with Crippen molar-refractivity contribution in [1.29, 1.82) is 0 Å². The summed E-state index contributed by atoms with van der Waals surface area (Å²) in [6.45, 7) is 1.83. The van der Waals surface area contributed by atoms with Crippen molar-refractivity contribution in [1.82, 2.24) is 10.6 Å². The van der Waals surface area contributed by atoms with E-state index in [0.717, 1.165) is 25.9 Å². The number of carbonyl (C=O) groups is 1. The second kappa shape index (κ2) is 7.58. The molecule has 1 aliphatic heterocycles. The molecule has 1 heterocycles. The van der Waals surface area contributed by atoms with E-state index in [9.17, 15) is 4.79 Å². The molecule has 4 nitrogen and oxygen atoms in total. The largest absolute Gasteiger partial charge is 0.496 e. The molecule has 0 radical (unpaired) electrons. The summed E-state index contributed by atoms with van der Waals surface area (Å²) in [5, 5.41) is 6.79. The fourth-order valence-corrected chi connectivity index (χ4v) is 2.27. The zero-order valence-electron chi connectivity index (χ0n) is 10.7. The van der Waals surface area contributed by atoms with Crippen molar-refractivity contribution in [3.63, 3.8) is 0 Å². The lowest BCUT2D eigenvalue weighted by Gasteiger charge is -2.24. The Balaban J connectivity index is 0.00000180. The van der Waals surface area contributed by atoms with Gasteiger partial charge in [0.15, 0.2) is 0 Å². The molecule has 2 rings (SSSR count). The molecule has 0 saturated carbocycles. The number of hydrogen-bond donors (Lipinski definition) is 2. The van der Waals surface area contributed by atoms with Crippen LogP contribution in [0.3, 0.4) is 0 Å². The van der Waals surface area contributed by atoms with E-state index in [1.54, 1.807) is 25.3 Å². The van der Waals surface area contributed by atoms with Crippen LogP contribution in [0, 0.1) is 0 Å². The zero-order valence-corrected chi connectivity index (χ0v) is 12.3. The van der Waals surface area contributed by atoms with Crippen molar-refractivity contribution in [2.75, 3.05) is 20.2 Å². The predicted molar refractivity (Wildman–Crippen MR) is 78.6 cm³/mol. The van der Waals surface area contributed by atoms with Gasteiger partial charge in [0.1, 0.15) is 5.75 Å². The maximum Gasteiger partial charge on any atom is 0.255 e. The molecule has 6 heteroatoms. The topological polar surface area (TPSA) is 50.4 Å². The number of carbonyl (C=O) groups excluding carboxylic acids is 1. The lowest BCUT2D eigenvalue weighted by molar-refractivity contribution is 0.0927. The summed E-state index contributed by atoms with van der Waals surface area (Å²) in [6.07, 6.45) is 2.08. The van der Waals surface area contributed by atoms with Crippen LogP contribution in [0.2, 0.25) is 5.02 Å². The van der Waals surface area contributed by atoms with E-state index in [4.69, 9.17) is 16.3 Å². The molecule has 0 aromatic heterocycles. The van der Waals surface area contributed by atoms with Crippen molar-refractivity contribution < 1.29 is 9.53 Å². The first-order valence-electron chi connectivity index (χ1n) is 6.06. The Morgan fingerprint density at radius 2 is 2.32 bits per heavy atom. The van der Waals surface area contributed by atoms with Crippen molar-refractivity contribution in [2.24, 2.45) is 0 Å². The number of halogens is 2. The Morgan fingerprint density at radius 3 is 2.95 bits per heavy atom. The highest BCUT2D eigenvalue weighted by molar-refractivity contribution is 6.31. The molecule has 2 N–H and O–H groups in total. The Labute approximate surface area is 124 Å². The quantitative estimate of drug-likeness (QED) is 0.900. The molecular weight excluding hydrogens is 287 g/mol. The molecular formula is C13H18Cl2N2O2. The van der Waals surface area contributed by atoms with E-state index in [0.29, 0.717) is 16.3 Å². The average Bonchev–Trinajstić information content (AvgIpc) is 2.40. The average molecular weight is 305 g/mol. The molecule has 1 aromatic carbocycles.